The first-order chi connectivity index (χ1) is 17.6. The van der Waals surface area contributed by atoms with E-state index in [1.54, 1.807) is 35.1 Å². The number of hydrogen-bond acceptors (Lipinski definition) is 14. The molecule has 0 amide bonds. The average Bonchev–Trinajstić information content (AvgIpc) is 2.89. The van der Waals surface area contributed by atoms with E-state index < -0.39 is 86.1 Å². The van der Waals surface area contributed by atoms with Crippen LogP contribution in [-0.2, 0) is 18.9 Å². The third-order valence-electron chi connectivity index (χ3n) is 7.97. The van der Waals surface area contributed by atoms with Gasteiger partial charge in [0.05, 0.1) is 24.9 Å². The normalized spacial score (nSPS) is 49.2. The van der Waals surface area contributed by atoms with Gasteiger partial charge >= 0.3 is 0 Å². The molecule has 0 radical (unpaired) electrons. The second-order valence-corrected chi connectivity index (χ2v) is 10.2. The van der Waals surface area contributed by atoms with Gasteiger partial charge in [-0.1, -0.05) is 6.92 Å². The molecule has 0 bridgehead atoms. The van der Waals surface area contributed by atoms with Crippen molar-refractivity contribution in [3.05, 3.63) is 0 Å². The van der Waals surface area contributed by atoms with E-state index in [9.17, 15) is 30.6 Å². The van der Waals surface area contributed by atoms with E-state index >= 15 is 0 Å². The molecular weight excluding hydrogens is 492 g/mol. The van der Waals surface area contributed by atoms with Crippen molar-refractivity contribution in [3.63, 3.8) is 0 Å². The van der Waals surface area contributed by atoms with Crippen LogP contribution in [0.25, 0.3) is 0 Å². The highest BCUT2D eigenvalue weighted by molar-refractivity contribution is 5.02. The molecule has 0 aromatic heterocycles. The predicted octanol–water partition coefficient (Wildman–Crippen LogP) is -4.97. The predicted molar refractivity (Wildman–Crippen MR) is 130 cm³/mol. The average molecular weight is 539 g/mol. The molecule has 0 aromatic carbocycles. The van der Waals surface area contributed by atoms with Crippen LogP contribution in [0, 0.1) is 5.92 Å². The van der Waals surface area contributed by atoms with Crippen LogP contribution in [0.2, 0.25) is 0 Å². The highest BCUT2D eigenvalue weighted by atomic mass is 16.7. The maximum atomic E-state index is 11.5. The van der Waals surface area contributed by atoms with Crippen molar-refractivity contribution < 1.29 is 49.6 Å². The minimum absolute atomic E-state index is 0.343. The second kappa shape index (κ2) is 13.7. The number of aliphatic hydroxyl groups excluding tert-OH is 6. The second-order valence-electron chi connectivity index (χ2n) is 10.2. The lowest BCUT2D eigenvalue weighted by molar-refractivity contribution is -0.329. The molecule has 14 heteroatoms. The van der Waals surface area contributed by atoms with Crippen LogP contribution in [0.15, 0.2) is 0 Å². The molecule has 3 aliphatic rings. The number of hydrogen-bond donors (Lipinski definition) is 10. The van der Waals surface area contributed by atoms with Gasteiger partial charge in [0.1, 0.15) is 42.7 Å². The van der Waals surface area contributed by atoms with Crippen molar-refractivity contribution in [3.8, 4) is 0 Å². The lowest BCUT2D eigenvalue weighted by Gasteiger charge is -2.49. The molecule has 2 saturated heterocycles. The van der Waals surface area contributed by atoms with Gasteiger partial charge in [-0.25, -0.2) is 0 Å². The number of aliphatic hydroxyl groups is 6. The van der Waals surface area contributed by atoms with Crippen LogP contribution in [0.3, 0.4) is 0 Å². The van der Waals surface area contributed by atoms with E-state index in [2.05, 4.69) is 21.3 Å². The third-order valence-corrected chi connectivity index (χ3v) is 7.97. The Morgan fingerprint density at radius 1 is 0.703 bits per heavy atom. The molecule has 3 fully saturated rings. The van der Waals surface area contributed by atoms with Gasteiger partial charge in [0.15, 0.2) is 12.6 Å². The molecule has 3 rings (SSSR count). The van der Waals surface area contributed by atoms with E-state index in [1.165, 1.54) is 0 Å². The van der Waals surface area contributed by atoms with Gasteiger partial charge in [0.25, 0.3) is 0 Å². The van der Waals surface area contributed by atoms with Crippen molar-refractivity contribution in [2.75, 3.05) is 41.3 Å². The van der Waals surface area contributed by atoms with Crippen LogP contribution < -0.4 is 21.3 Å². The van der Waals surface area contributed by atoms with Gasteiger partial charge in [0, 0.05) is 24.5 Å². The van der Waals surface area contributed by atoms with Crippen molar-refractivity contribution in [1.29, 1.82) is 0 Å². The first kappa shape index (κ1) is 31.0. The first-order valence-corrected chi connectivity index (χ1v) is 12.9. The van der Waals surface area contributed by atoms with Gasteiger partial charge in [-0.3, -0.25) is 0 Å². The monoisotopic (exact) mass is 538 g/mol. The number of likely N-dealkylation sites (N-methyl/N-ethyl adjacent to an activating group) is 4. The molecule has 1 aliphatic carbocycles. The Hall–Kier alpha value is -0.560. The van der Waals surface area contributed by atoms with Gasteiger partial charge in [-0.2, -0.15) is 0 Å². The van der Waals surface area contributed by atoms with Crippen molar-refractivity contribution in [2.45, 2.75) is 99.0 Å². The lowest BCUT2D eigenvalue weighted by atomic mass is 9.83. The Morgan fingerprint density at radius 2 is 1.24 bits per heavy atom. The van der Waals surface area contributed by atoms with Crippen molar-refractivity contribution in [2.24, 2.45) is 5.92 Å². The molecule has 37 heavy (non-hydrogen) atoms. The van der Waals surface area contributed by atoms with Crippen LogP contribution in [0.4, 0.5) is 0 Å². The quantitative estimate of drug-likeness (QED) is 0.126. The summed E-state index contributed by atoms with van der Waals surface area (Å²) in [6, 6.07) is -1.57. The standard InChI is InChI=1S/C23H46N4O10/c1-9-15(29)12(7-24-2)34-22(16(9)30)36-20-10(25-3)6-11(26-4)21(19(20)33)37-23-18(32)14(27-5)17(31)13(8-28)35-23/h9-33H,6-8H2,1-5H3/t9-,10?,11-,12+,13-,14+,15+,16?,17?,18?,19+,20+,21-,22-,23?/m1/s1. The Morgan fingerprint density at radius 3 is 1.73 bits per heavy atom. The number of rotatable bonds is 10. The minimum Gasteiger partial charge on any atom is -0.394 e. The summed E-state index contributed by atoms with van der Waals surface area (Å²) >= 11 is 0. The van der Waals surface area contributed by atoms with Crippen LogP contribution >= 0.6 is 0 Å². The van der Waals surface area contributed by atoms with Gasteiger partial charge < -0.3 is 70.9 Å². The summed E-state index contributed by atoms with van der Waals surface area (Å²) in [5, 5.41) is 75.6. The topological polar surface area (TPSA) is 206 Å². The van der Waals surface area contributed by atoms with Gasteiger partial charge in [-0.05, 0) is 34.6 Å². The Labute approximate surface area is 217 Å². The smallest absolute Gasteiger partial charge is 0.186 e. The van der Waals surface area contributed by atoms with E-state index in [0.717, 1.165) is 0 Å². The van der Waals surface area contributed by atoms with Crippen molar-refractivity contribution in [1.82, 2.24) is 21.3 Å². The molecule has 5 unspecified atom stereocenters. The fraction of sp³-hybridized carbons (Fsp3) is 1.00. The summed E-state index contributed by atoms with van der Waals surface area (Å²) in [5.74, 6) is -0.533. The fourth-order valence-corrected chi connectivity index (χ4v) is 5.57. The number of nitrogens with one attached hydrogen (secondary N) is 4. The largest absolute Gasteiger partial charge is 0.394 e. The zero-order valence-corrected chi connectivity index (χ0v) is 22.1. The Balaban J connectivity index is 1.80. The SMILES string of the molecule is CNC[C@@H]1O[C@H](O[C@H]2C(NC)C[C@@H](NC)[C@@H](OC3O[C@H](CO)C(O)[C@H](NC)C3O)[C@H]2O)C(O)[C@H](C)[C@@H]1O. The molecule has 14 nitrogen and oxygen atoms in total. The molecule has 2 heterocycles. The minimum atomic E-state index is -1.29. The number of ether oxygens (including phenoxy) is 4. The highest BCUT2D eigenvalue weighted by Crippen LogP contribution is 2.33. The summed E-state index contributed by atoms with van der Waals surface area (Å²) in [7, 11) is 6.74. The van der Waals surface area contributed by atoms with E-state index in [1.807, 2.05) is 0 Å². The molecule has 15 atom stereocenters. The van der Waals surface area contributed by atoms with Crippen LogP contribution in [0.1, 0.15) is 13.3 Å². The van der Waals surface area contributed by atoms with Crippen LogP contribution in [0.5, 0.6) is 0 Å². The maximum Gasteiger partial charge on any atom is 0.186 e. The zero-order chi connectivity index (χ0) is 27.4. The van der Waals surface area contributed by atoms with Gasteiger partial charge in [0.2, 0.25) is 0 Å². The van der Waals surface area contributed by atoms with Gasteiger partial charge in [-0.15, -0.1) is 0 Å². The Bertz CT molecular complexity index is 698. The highest BCUT2D eigenvalue weighted by Gasteiger charge is 2.52. The van der Waals surface area contributed by atoms with E-state index in [-0.39, 0.29) is 12.1 Å². The van der Waals surface area contributed by atoms with Crippen LogP contribution in [-0.4, -0.2) is 158 Å². The molecule has 218 valence electrons. The van der Waals surface area contributed by atoms with E-state index in [0.29, 0.717) is 13.0 Å². The molecule has 10 N–H and O–H groups in total. The molecular formula is C23H46N4O10. The fourth-order valence-electron chi connectivity index (χ4n) is 5.57. The van der Waals surface area contributed by atoms with E-state index in [4.69, 9.17) is 18.9 Å². The molecule has 0 spiro atoms. The third kappa shape index (κ3) is 6.44. The summed E-state index contributed by atoms with van der Waals surface area (Å²) < 4.78 is 23.8. The maximum absolute atomic E-state index is 11.5. The van der Waals surface area contributed by atoms with Crippen molar-refractivity contribution >= 4 is 0 Å². The summed E-state index contributed by atoms with van der Waals surface area (Å²) in [4.78, 5) is 0. The Kier molecular flexibility index (Phi) is 11.4. The molecule has 1 saturated carbocycles. The summed E-state index contributed by atoms with van der Waals surface area (Å²) in [5.41, 5.74) is 0. The molecule has 0 aromatic rings. The summed E-state index contributed by atoms with van der Waals surface area (Å²) in [6.45, 7) is 1.56. The zero-order valence-electron chi connectivity index (χ0n) is 22.1. The summed E-state index contributed by atoms with van der Waals surface area (Å²) in [6.07, 6.45) is -11.1. The molecule has 2 aliphatic heterocycles. The lowest BCUT2D eigenvalue weighted by Crippen LogP contribution is -2.69. The first-order valence-electron chi connectivity index (χ1n) is 12.9.